The number of benzene rings is 2. The number of alkyl halides is 2. The lowest BCUT2D eigenvalue weighted by Crippen LogP contribution is -2.38. The molecule has 0 unspecified atom stereocenters. The van der Waals surface area contributed by atoms with Crippen molar-refractivity contribution >= 4 is 31.4 Å². The van der Waals surface area contributed by atoms with E-state index in [0.29, 0.717) is 23.1 Å². The molecule has 1 aliphatic heterocycles. The zero-order valence-electron chi connectivity index (χ0n) is 19.4. The van der Waals surface area contributed by atoms with Crippen molar-refractivity contribution < 1.29 is 37.1 Å². The van der Waals surface area contributed by atoms with Crippen LogP contribution in [-0.4, -0.2) is 49.4 Å². The second kappa shape index (κ2) is 11.3. The summed E-state index contributed by atoms with van der Waals surface area (Å²) in [6.45, 7) is 1.77. The Bertz CT molecular complexity index is 1190. The van der Waals surface area contributed by atoms with E-state index < -0.39 is 40.7 Å². The fourth-order valence-corrected chi connectivity index (χ4v) is 3.85. The van der Waals surface area contributed by atoms with E-state index in [1.807, 2.05) is 5.32 Å². The maximum absolute atomic E-state index is 14.8. The Morgan fingerprint density at radius 3 is 2.64 bits per heavy atom. The lowest BCUT2D eigenvalue weighted by Gasteiger charge is -2.20. The van der Waals surface area contributed by atoms with Crippen molar-refractivity contribution in [2.75, 3.05) is 13.2 Å². The maximum Gasteiger partial charge on any atom is 0.356 e. The molecule has 0 aliphatic carbocycles. The fraction of sp³-hybridized carbons (Fsp3) is 0.333. The molecule has 2 aromatic rings. The first-order valence-electron chi connectivity index (χ1n) is 11.1. The van der Waals surface area contributed by atoms with Crippen LogP contribution in [-0.2, 0) is 28.6 Å². The highest BCUT2D eigenvalue weighted by atomic mass is 19.3. The number of nitrogens with one attached hydrogen (secondary N) is 2. The first-order valence-corrected chi connectivity index (χ1v) is 11.1. The van der Waals surface area contributed by atoms with Crippen molar-refractivity contribution in [2.45, 2.75) is 38.8 Å². The minimum Gasteiger partial charge on any atom is -0.493 e. The second-order valence-corrected chi connectivity index (χ2v) is 8.04. The molecule has 188 valence electrons. The van der Waals surface area contributed by atoms with Crippen LogP contribution in [0.25, 0.3) is 0 Å². The number of nitrogens with zero attached hydrogens (tertiary/aromatic N) is 1. The van der Waals surface area contributed by atoms with Gasteiger partial charge in [0.2, 0.25) is 13.8 Å². The lowest BCUT2D eigenvalue weighted by molar-refractivity contribution is -0.147. The number of imide groups is 1. The summed E-state index contributed by atoms with van der Waals surface area (Å²) in [7, 11) is 4.88. The Morgan fingerprint density at radius 2 is 1.94 bits per heavy atom. The molecule has 0 saturated heterocycles. The Hall–Kier alpha value is -3.83. The highest BCUT2D eigenvalue weighted by Crippen LogP contribution is 2.37. The minimum absolute atomic E-state index is 0.00156. The Labute approximate surface area is 206 Å². The number of fused-ring (bicyclic) bond motifs is 1. The van der Waals surface area contributed by atoms with E-state index in [0.717, 1.165) is 12.1 Å². The summed E-state index contributed by atoms with van der Waals surface area (Å²) in [6.07, 6.45) is 0.304. The van der Waals surface area contributed by atoms with E-state index in [1.165, 1.54) is 23.1 Å². The molecule has 8 nitrogen and oxygen atoms in total. The van der Waals surface area contributed by atoms with Gasteiger partial charge in [-0.1, -0.05) is 18.2 Å². The summed E-state index contributed by atoms with van der Waals surface area (Å²) >= 11 is 0. The first-order chi connectivity index (χ1) is 17.0. The van der Waals surface area contributed by atoms with Gasteiger partial charge in [-0.05, 0) is 42.7 Å². The Morgan fingerprint density at radius 1 is 1.19 bits per heavy atom. The molecule has 0 aromatic heterocycles. The quantitative estimate of drug-likeness (QED) is 0.488. The second-order valence-electron chi connectivity index (χ2n) is 8.04. The zero-order chi connectivity index (χ0) is 26.5. The van der Waals surface area contributed by atoms with Gasteiger partial charge >= 0.3 is 5.92 Å². The van der Waals surface area contributed by atoms with Crippen LogP contribution in [0.2, 0.25) is 0 Å². The summed E-state index contributed by atoms with van der Waals surface area (Å²) in [6, 6.07) is 7.86. The minimum atomic E-state index is -4.18. The molecule has 0 atom stereocenters. The van der Waals surface area contributed by atoms with Gasteiger partial charge in [0.1, 0.15) is 17.1 Å². The molecule has 2 radical (unpaired) electrons. The summed E-state index contributed by atoms with van der Waals surface area (Å²) < 4.78 is 48.9. The molecule has 2 aromatic carbocycles. The Kier molecular flexibility index (Phi) is 8.39. The van der Waals surface area contributed by atoms with Crippen LogP contribution in [0.1, 0.15) is 46.8 Å². The lowest BCUT2D eigenvalue weighted by atomic mass is 10.0. The third-order valence-corrected chi connectivity index (χ3v) is 5.47. The van der Waals surface area contributed by atoms with Gasteiger partial charge in [-0.2, -0.15) is 8.78 Å². The monoisotopic (exact) mass is 501 g/mol. The molecule has 4 amide bonds. The molecule has 1 aliphatic rings. The van der Waals surface area contributed by atoms with Gasteiger partial charge in [-0.15, -0.1) is 0 Å². The third kappa shape index (κ3) is 6.05. The summed E-state index contributed by atoms with van der Waals surface area (Å²) in [4.78, 5) is 48.6. The van der Waals surface area contributed by atoms with E-state index in [4.69, 9.17) is 12.6 Å². The number of hydrogen-bond acceptors (Lipinski definition) is 5. The molecule has 0 fully saturated rings. The number of rotatable bonds is 10. The Balaban J connectivity index is 1.62. The molecular formula is C24H23BF3N3O5. The van der Waals surface area contributed by atoms with Crippen LogP contribution in [0, 0.1) is 5.82 Å². The first kappa shape index (κ1) is 26.8. The highest BCUT2D eigenvalue weighted by molar-refractivity contribution is 6.58. The average molecular weight is 501 g/mol. The highest BCUT2D eigenvalue weighted by Gasteiger charge is 2.45. The number of halogens is 3. The van der Waals surface area contributed by atoms with Crippen LogP contribution in [0.5, 0.6) is 5.75 Å². The van der Waals surface area contributed by atoms with Gasteiger partial charge in [0.05, 0.1) is 6.61 Å². The number of amides is 4. The number of hydrogen-bond donors (Lipinski definition) is 2. The predicted octanol–water partition coefficient (Wildman–Crippen LogP) is 2.77. The molecular weight excluding hydrogens is 478 g/mol. The maximum atomic E-state index is 14.8. The van der Waals surface area contributed by atoms with E-state index in [2.05, 4.69) is 5.32 Å². The molecule has 1 heterocycles. The van der Waals surface area contributed by atoms with Gasteiger partial charge < -0.3 is 20.3 Å². The van der Waals surface area contributed by atoms with Crippen LogP contribution in [0.15, 0.2) is 36.4 Å². The van der Waals surface area contributed by atoms with E-state index in [-0.39, 0.29) is 38.6 Å². The van der Waals surface area contributed by atoms with Gasteiger partial charge in [0, 0.05) is 31.6 Å². The number of carbonyl (C=O) groups is 4. The van der Waals surface area contributed by atoms with Gasteiger partial charge in [0.15, 0.2) is 5.81 Å². The third-order valence-electron chi connectivity index (χ3n) is 5.47. The fourth-order valence-electron chi connectivity index (χ4n) is 3.85. The molecule has 2 N–H and O–H groups in total. The largest absolute Gasteiger partial charge is 0.493 e. The van der Waals surface area contributed by atoms with Crippen molar-refractivity contribution in [3.63, 3.8) is 0 Å². The van der Waals surface area contributed by atoms with Crippen molar-refractivity contribution in [3.8, 4) is 5.75 Å². The summed E-state index contributed by atoms with van der Waals surface area (Å²) in [5, 5.41) is 4.06. The summed E-state index contributed by atoms with van der Waals surface area (Å²) in [5.41, 5.74) is 0.383. The molecule has 12 heteroatoms. The van der Waals surface area contributed by atoms with E-state index in [9.17, 15) is 32.3 Å². The standard InChI is InChI=1S/C24H23BF3N3O5/c1-2-36-18-6-3-5-17(26)20(18)24(27,28)22(34)29-12-14-8-9-16-15(11-14)13-31(21(16)33)10-4-7-19(32)30-23(25)35/h3,5-6,8-9,11H,2,4,7,10,12-13H2,1H3,(H,29,34)(H,30,32,35). The topological polar surface area (TPSA) is 105 Å². The predicted molar refractivity (Wildman–Crippen MR) is 123 cm³/mol. The number of carbonyl (C=O) groups excluding carboxylic acids is 4. The zero-order valence-corrected chi connectivity index (χ0v) is 19.4. The van der Waals surface area contributed by atoms with Crippen molar-refractivity contribution in [2.24, 2.45) is 0 Å². The average Bonchev–Trinajstić information content (AvgIpc) is 3.11. The van der Waals surface area contributed by atoms with Crippen molar-refractivity contribution in [1.82, 2.24) is 15.5 Å². The van der Waals surface area contributed by atoms with Crippen LogP contribution in [0.4, 0.5) is 18.0 Å². The normalized spacial score (nSPS) is 12.8. The van der Waals surface area contributed by atoms with Crippen LogP contribution >= 0.6 is 0 Å². The van der Waals surface area contributed by atoms with Crippen molar-refractivity contribution in [1.29, 1.82) is 0 Å². The van der Waals surface area contributed by atoms with Gasteiger partial charge in [-0.3, -0.25) is 19.2 Å². The van der Waals surface area contributed by atoms with Gasteiger partial charge in [-0.25, -0.2) is 4.39 Å². The summed E-state index contributed by atoms with van der Waals surface area (Å²) in [5.74, 6) is -9.31. The molecule has 3 rings (SSSR count). The molecule has 36 heavy (non-hydrogen) atoms. The van der Waals surface area contributed by atoms with Gasteiger partial charge in [0.25, 0.3) is 11.8 Å². The number of ether oxygens (including phenoxy) is 1. The molecule has 0 saturated carbocycles. The SMILES string of the molecule is [B]C(=O)NC(=O)CCCN1Cc2cc(CNC(=O)C(F)(F)c3c(F)cccc3OCC)ccc2C1=O. The van der Waals surface area contributed by atoms with E-state index in [1.54, 1.807) is 13.0 Å². The smallest absolute Gasteiger partial charge is 0.356 e. The molecule has 0 bridgehead atoms. The van der Waals surface area contributed by atoms with Crippen LogP contribution in [0.3, 0.4) is 0 Å². The van der Waals surface area contributed by atoms with Crippen molar-refractivity contribution in [3.05, 3.63) is 64.5 Å². The van der Waals surface area contributed by atoms with Crippen LogP contribution < -0.4 is 15.4 Å². The van der Waals surface area contributed by atoms with E-state index >= 15 is 0 Å². The molecule has 0 spiro atoms.